The van der Waals surface area contributed by atoms with Gasteiger partial charge in [-0.15, -0.1) is 0 Å². The first-order valence-electron chi connectivity index (χ1n) is 22.4. The molecule has 3 aromatic carbocycles. The lowest BCUT2D eigenvalue weighted by Crippen LogP contribution is -2.51. The summed E-state index contributed by atoms with van der Waals surface area (Å²) in [6.07, 6.45) is 0.0724. The Morgan fingerprint density at radius 3 is 2.11 bits per heavy atom. The molecule has 0 radical (unpaired) electrons. The number of nitrogens with one attached hydrogen (secondary N) is 4. The molecule has 14 heteroatoms. The van der Waals surface area contributed by atoms with Crippen LogP contribution >= 0.6 is 0 Å². The van der Waals surface area contributed by atoms with E-state index in [4.69, 9.17) is 20.7 Å². The summed E-state index contributed by atoms with van der Waals surface area (Å²) in [5.74, 6) is 1.78. The van der Waals surface area contributed by atoms with E-state index in [0.717, 1.165) is 52.2 Å². The Morgan fingerprint density at radius 1 is 0.821 bits per heavy atom. The smallest absolute Gasteiger partial charge is 0.407 e. The molecule has 292 valence electrons. The fraction of sp³-hybridized carbons (Fsp3) is 0.429. The highest BCUT2D eigenvalue weighted by atomic mass is 16.5. The van der Waals surface area contributed by atoms with Crippen LogP contribution in [-0.2, 0) is 19.1 Å². The first-order chi connectivity index (χ1) is 30.1. The maximum absolute atomic E-state index is 14.2. The van der Waals surface area contributed by atoms with Gasteiger partial charge in [-0.05, 0) is 79.3 Å². The van der Waals surface area contributed by atoms with Crippen molar-refractivity contribution >= 4 is 56.8 Å². The van der Waals surface area contributed by atoms with E-state index in [1.807, 2.05) is 44.2 Å². The lowest BCUT2D eigenvalue weighted by atomic mass is 10.0. The number of benzene rings is 3. The van der Waals surface area contributed by atoms with E-state index < -0.39 is 55.8 Å². The molecule has 5 aromatic rings. The minimum Gasteiger partial charge on any atom is -0.453 e. The highest BCUT2D eigenvalue weighted by Crippen LogP contribution is 2.35. The number of alkyl carbamates (subject to hydrolysis) is 2. The zero-order valence-corrected chi connectivity index (χ0v) is 31.4. The number of aromatic amines is 2. The van der Waals surface area contributed by atoms with Crippen LogP contribution in [0, 0.1) is 23.7 Å². The maximum atomic E-state index is 14.2. The third-order valence-electron chi connectivity index (χ3n) is 10.3. The molecule has 56 heavy (non-hydrogen) atoms. The molecular formula is C42H48N8O6. The molecule has 4 atom stereocenters. The summed E-state index contributed by atoms with van der Waals surface area (Å²) in [6.45, 7) is -3.20. The highest BCUT2D eigenvalue weighted by Gasteiger charge is 2.39. The van der Waals surface area contributed by atoms with Crippen LogP contribution in [0.4, 0.5) is 9.59 Å². The Labute approximate surface area is 336 Å². The van der Waals surface area contributed by atoms with Gasteiger partial charge < -0.3 is 39.9 Å². The van der Waals surface area contributed by atoms with Crippen LogP contribution in [0.15, 0.2) is 48.5 Å². The molecule has 0 saturated carbocycles. The van der Waals surface area contributed by atoms with Crippen LogP contribution in [0.3, 0.4) is 0 Å². The number of ether oxygens (including phenoxy) is 2. The number of hydrogen-bond donors (Lipinski definition) is 4. The quantitative estimate of drug-likeness (QED) is 0.138. The third-order valence-corrected chi connectivity index (χ3v) is 10.3. The summed E-state index contributed by atoms with van der Waals surface area (Å²) in [6, 6.07) is 9.54. The molecule has 7 rings (SSSR count). The van der Waals surface area contributed by atoms with E-state index in [-0.39, 0.29) is 30.2 Å². The second-order valence-electron chi connectivity index (χ2n) is 14.2. The minimum absolute atomic E-state index is 0.0335. The van der Waals surface area contributed by atoms with E-state index in [2.05, 4.69) is 36.8 Å². The molecule has 0 unspecified atom stereocenters. The Kier molecular flexibility index (Phi) is 8.32. The summed E-state index contributed by atoms with van der Waals surface area (Å²) >= 11 is 0. The van der Waals surface area contributed by atoms with Gasteiger partial charge in [0, 0.05) is 39.2 Å². The number of carbonyl (C=O) groups is 4. The second kappa shape index (κ2) is 15.9. The Morgan fingerprint density at radius 2 is 1.43 bits per heavy atom. The van der Waals surface area contributed by atoms with Gasteiger partial charge in [-0.2, -0.15) is 0 Å². The van der Waals surface area contributed by atoms with E-state index in [0.29, 0.717) is 41.8 Å². The zero-order valence-electron chi connectivity index (χ0n) is 39.4. The van der Waals surface area contributed by atoms with E-state index in [1.54, 1.807) is 28.4 Å². The number of imidazole rings is 2. The predicted octanol–water partition coefficient (Wildman–Crippen LogP) is 6.08. The number of carbonyl (C=O) groups excluding carboxylic acids is 4. The van der Waals surface area contributed by atoms with Gasteiger partial charge >= 0.3 is 12.2 Å². The summed E-state index contributed by atoms with van der Waals surface area (Å²) in [5.41, 5.74) is 4.02. The van der Waals surface area contributed by atoms with Crippen molar-refractivity contribution in [3.63, 3.8) is 0 Å². The average molecular weight is 769 g/mol. The van der Waals surface area contributed by atoms with E-state index >= 15 is 0 Å². The molecule has 0 bridgehead atoms. The molecule has 2 aliphatic rings. The molecular weight excluding hydrogens is 713 g/mol. The van der Waals surface area contributed by atoms with Gasteiger partial charge in [0.05, 0.1) is 49.7 Å². The van der Waals surface area contributed by atoms with Crippen molar-refractivity contribution in [2.75, 3.05) is 27.3 Å². The van der Waals surface area contributed by atoms with E-state index in [9.17, 15) is 19.2 Å². The fourth-order valence-corrected chi connectivity index (χ4v) is 7.48. The number of hydrogen-bond acceptors (Lipinski definition) is 8. The summed E-state index contributed by atoms with van der Waals surface area (Å²) in [7, 11) is 2.16. The second-order valence-corrected chi connectivity index (χ2v) is 14.2. The number of aromatic nitrogens is 4. The molecule has 0 spiro atoms. The normalized spacial score (nSPS) is 21.3. The molecule has 4 heterocycles. The van der Waals surface area contributed by atoms with Crippen LogP contribution in [-0.4, -0.2) is 93.1 Å². The first-order valence-corrected chi connectivity index (χ1v) is 18.4. The van der Waals surface area contributed by atoms with Crippen molar-refractivity contribution in [1.82, 2.24) is 40.4 Å². The van der Waals surface area contributed by atoms with Crippen molar-refractivity contribution in [2.24, 2.45) is 11.8 Å². The average Bonchev–Trinajstić information content (AvgIpc) is 4.08. The number of rotatable bonds is 8. The third kappa shape index (κ3) is 7.58. The maximum Gasteiger partial charge on any atom is 0.407 e. The molecule has 2 aromatic heterocycles. The van der Waals surface area contributed by atoms with Crippen LogP contribution in [0.2, 0.25) is 0 Å². The molecule has 4 N–H and O–H groups in total. The number of H-pyrrole nitrogens is 2. The number of likely N-dealkylation sites (tertiary alicyclic amines) is 2. The minimum atomic E-state index is -3.79. The van der Waals surface area contributed by atoms with Crippen molar-refractivity contribution in [3.8, 4) is 11.8 Å². The fourth-order valence-electron chi connectivity index (χ4n) is 7.48. The van der Waals surface area contributed by atoms with Crippen LogP contribution in [0.1, 0.15) is 99.1 Å². The van der Waals surface area contributed by atoms with Crippen molar-refractivity contribution in [2.45, 2.75) is 77.4 Å². The first kappa shape index (κ1) is 29.2. The highest BCUT2D eigenvalue weighted by molar-refractivity contribution is 6.04. The van der Waals surface area contributed by atoms with Crippen molar-refractivity contribution in [3.05, 3.63) is 71.3 Å². The van der Waals surface area contributed by atoms with Gasteiger partial charge in [0.15, 0.2) is 0 Å². The summed E-state index contributed by atoms with van der Waals surface area (Å²) in [5, 5.41) is 6.30. The Balaban J connectivity index is 1.12. The Bertz CT molecular complexity index is 2690. The van der Waals surface area contributed by atoms with E-state index in [1.165, 1.54) is 7.11 Å². The van der Waals surface area contributed by atoms with Crippen LogP contribution in [0.25, 0.3) is 32.8 Å². The topological polar surface area (TPSA) is 175 Å². The standard InChI is InChI=1S/C42H48N8O6/c1-23(2)34(47-41(53)55-5)39(51)49-19-7-9-32(49)37-43-29-17-14-26(22-31(29)45-37)12-11-25-13-16-28-27(21-25)15-18-30-36(28)46-38(44-30)33-10-8-20-50(33)40(52)35(24(3)4)48-42(54)56-6/h13-18,21-24,32-35H,7-10,19-20H2,1-6H3,(H,43,45)(H,44,46)(H,47,53)(H,48,54)/t32-,33-,34+,35-/m0/s1/i1D3,2D3,23D,34D. The van der Waals surface area contributed by atoms with Crippen molar-refractivity contribution in [1.29, 1.82) is 0 Å². The molecule has 2 aliphatic heterocycles. The summed E-state index contributed by atoms with van der Waals surface area (Å²) < 4.78 is 74.7. The molecule has 2 saturated heterocycles. The number of methoxy groups -OCH3 is 2. The molecule has 4 amide bonds. The lowest BCUT2D eigenvalue weighted by Gasteiger charge is -2.29. The number of fused-ring (bicyclic) bond motifs is 4. The SMILES string of the molecule is [2H]C([2H])([2H])C([2H])(C([2H])([2H])[2H])[C@@]([2H])(NC(=O)OC)C(=O)N1CCC[C@H]1c1nc2ccc(C#Cc3ccc4c(ccc5nc([C@@H]6CCCN6C(=O)[C@@H](NC(=O)OC)C(C)C)[nH]c54)c3)cc2[nH]1. The molecule has 14 nitrogen and oxygen atoms in total. The largest absolute Gasteiger partial charge is 0.453 e. The van der Waals surface area contributed by atoms with Crippen LogP contribution in [0.5, 0.6) is 0 Å². The lowest BCUT2D eigenvalue weighted by molar-refractivity contribution is -0.136. The van der Waals surface area contributed by atoms with Gasteiger partial charge in [-0.3, -0.25) is 9.59 Å². The van der Waals surface area contributed by atoms with Gasteiger partial charge in [-0.1, -0.05) is 51.5 Å². The van der Waals surface area contributed by atoms with Gasteiger partial charge in [0.25, 0.3) is 0 Å². The number of amides is 4. The molecule has 0 aliphatic carbocycles. The molecule has 2 fully saturated rings. The van der Waals surface area contributed by atoms with Gasteiger partial charge in [0.1, 0.15) is 23.7 Å². The summed E-state index contributed by atoms with van der Waals surface area (Å²) in [4.78, 5) is 71.3. The Hall–Kier alpha value is -6.10. The van der Waals surface area contributed by atoms with Gasteiger partial charge in [0.2, 0.25) is 11.8 Å². The zero-order chi connectivity index (χ0) is 46.5. The monoisotopic (exact) mass is 768 g/mol. The number of nitrogens with zero attached hydrogens (tertiary/aromatic N) is 4. The van der Waals surface area contributed by atoms with Gasteiger partial charge in [-0.25, -0.2) is 19.6 Å². The predicted molar refractivity (Wildman–Crippen MR) is 211 cm³/mol. The van der Waals surface area contributed by atoms with Crippen LogP contribution < -0.4 is 10.6 Å². The van der Waals surface area contributed by atoms with Crippen molar-refractivity contribution < 1.29 is 39.6 Å².